The lowest BCUT2D eigenvalue weighted by molar-refractivity contribution is 0.305. The van der Waals surface area contributed by atoms with Crippen LogP contribution in [-0.2, 0) is 13.2 Å². The molecule has 0 aliphatic carbocycles. The van der Waals surface area contributed by atoms with Gasteiger partial charge in [-0.25, -0.2) is 4.39 Å². The van der Waals surface area contributed by atoms with Crippen LogP contribution < -0.4 is 10.1 Å². The van der Waals surface area contributed by atoms with E-state index in [0.29, 0.717) is 27.4 Å². The quantitative estimate of drug-likeness (QED) is 0.473. The van der Waals surface area contributed by atoms with Gasteiger partial charge in [0, 0.05) is 11.6 Å². The molecule has 1 N–H and O–H groups in total. The molecule has 0 atom stereocenters. The maximum absolute atomic E-state index is 13.2. The van der Waals surface area contributed by atoms with E-state index in [1.807, 2.05) is 18.2 Å². The Labute approximate surface area is 166 Å². The minimum absolute atomic E-state index is 0.245. The number of anilines is 1. The lowest BCUT2D eigenvalue weighted by Gasteiger charge is -2.12. The molecule has 0 aliphatic heterocycles. The van der Waals surface area contributed by atoms with Crippen molar-refractivity contribution in [2.75, 3.05) is 5.32 Å². The van der Waals surface area contributed by atoms with Gasteiger partial charge in [0.1, 0.15) is 18.2 Å². The van der Waals surface area contributed by atoms with Crippen LogP contribution in [0.1, 0.15) is 11.1 Å². The van der Waals surface area contributed by atoms with Crippen LogP contribution in [0.2, 0.25) is 15.1 Å². The Kier molecular flexibility index (Phi) is 6.25. The van der Waals surface area contributed by atoms with Crippen LogP contribution in [-0.4, -0.2) is 0 Å². The Balaban J connectivity index is 1.61. The standard InChI is InChI=1S/C20H15Cl3FNO/c21-15-5-6-19(17(22)10-15)25-11-13-4-7-20(18(23)9-13)26-12-14-2-1-3-16(24)8-14/h1-10,25H,11-12H2. The first-order valence-corrected chi connectivity index (χ1v) is 8.99. The Morgan fingerprint density at radius 2 is 1.69 bits per heavy atom. The molecule has 0 heterocycles. The van der Waals surface area contributed by atoms with Crippen LogP contribution in [0.5, 0.6) is 5.75 Å². The van der Waals surface area contributed by atoms with Crippen molar-refractivity contribution in [3.8, 4) is 5.75 Å². The highest BCUT2D eigenvalue weighted by molar-refractivity contribution is 6.36. The van der Waals surface area contributed by atoms with E-state index in [1.165, 1.54) is 12.1 Å². The molecule has 6 heteroatoms. The van der Waals surface area contributed by atoms with Gasteiger partial charge in [-0.15, -0.1) is 0 Å². The first kappa shape index (κ1) is 18.8. The Morgan fingerprint density at radius 1 is 0.846 bits per heavy atom. The van der Waals surface area contributed by atoms with Gasteiger partial charge in [-0.05, 0) is 53.6 Å². The first-order chi connectivity index (χ1) is 12.5. The molecular formula is C20H15Cl3FNO. The Bertz CT molecular complexity index is 917. The van der Waals surface area contributed by atoms with E-state index in [4.69, 9.17) is 39.5 Å². The van der Waals surface area contributed by atoms with Crippen LogP contribution >= 0.6 is 34.8 Å². The van der Waals surface area contributed by atoms with Crippen molar-refractivity contribution in [3.63, 3.8) is 0 Å². The van der Waals surface area contributed by atoms with E-state index in [-0.39, 0.29) is 12.4 Å². The third kappa shape index (κ3) is 5.04. The summed E-state index contributed by atoms with van der Waals surface area (Å²) in [5.74, 6) is 0.253. The zero-order chi connectivity index (χ0) is 18.5. The zero-order valence-corrected chi connectivity index (χ0v) is 15.9. The maximum Gasteiger partial charge on any atom is 0.138 e. The molecule has 134 valence electrons. The number of hydrogen-bond donors (Lipinski definition) is 1. The highest BCUT2D eigenvalue weighted by atomic mass is 35.5. The van der Waals surface area contributed by atoms with Crippen molar-refractivity contribution in [1.29, 1.82) is 0 Å². The average molecular weight is 411 g/mol. The molecule has 26 heavy (non-hydrogen) atoms. The monoisotopic (exact) mass is 409 g/mol. The SMILES string of the molecule is Fc1cccc(COc2ccc(CNc3ccc(Cl)cc3Cl)cc2Cl)c1. The van der Waals surface area contributed by atoms with E-state index < -0.39 is 0 Å². The third-order valence-electron chi connectivity index (χ3n) is 3.69. The lowest BCUT2D eigenvalue weighted by atomic mass is 10.2. The molecule has 0 spiro atoms. The maximum atomic E-state index is 13.2. The lowest BCUT2D eigenvalue weighted by Crippen LogP contribution is -2.01. The fourth-order valence-electron chi connectivity index (χ4n) is 2.39. The van der Waals surface area contributed by atoms with Gasteiger partial charge in [0.05, 0.1) is 15.7 Å². The predicted octanol–water partition coefficient (Wildman–Crippen LogP) is 6.98. The van der Waals surface area contributed by atoms with Crippen LogP contribution in [0, 0.1) is 5.82 Å². The van der Waals surface area contributed by atoms with Crippen LogP contribution in [0.4, 0.5) is 10.1 Å². The number of nitrogens with one attached hydrogen (secondary N) is 1. The van der Waals surface area contributed by atoms with Gasteiger partial charge in [0.2, 0.25) is 0 Å². The molecule has 3 rings (SSSR count). The molecule has 3 aromatic carbocycles. The number of rotatable bonds is 6. The summed E-state index contributed by atoms with van der Waals surface area (Å²) in [4.78, 5) is 0. The molecular weight excluding hydrogens is 396 g/mol. The number of hydrogen-bond acceptors (Lipinski definition) is 2. The van der Waals surface area contributed by atoms with Gasteiger partial charge in [-0.2, -0.15) is 0 Å². The van der Waals surface area contributed by atoms with Crippen molar-refractivity contribution < 1.29 is 9.13 Å². The molecule has 0 radical (unpaired) electrons. The summed E-state index contributed by atoms with van der Waals surface area (Å²) in [7, 11) is 0. The van der Waals surface area contributed by atoms with Gasteiger partial charge >= 0.3 is 0 Å². The fraction of sp³-hybridized carbons (Fsp3) is 0.100. The van der Waals surface area contributed by atoms with Gasteiger partial charge in [0.15, 0.2) is 0 Å². The predicted molar refractivity (Wildman–Crippen MR) is 106 cm³/mol. The van der Waals surface area contributed by atoms with Crippen molar-refractivity contribution in [3.05, 3.63) is 92.7 Å². The van der Waals surface area contributed by atoms with Crippen molar-refractivity contribution in [2.24, 2.45) is 0 Å². The second kappa shape index (κ2) is 8.63. The van der Waals surface area contributed by atoms with Crippen LogP contribution in [0.15, 0.2) is 60.7 Å². The van der Waals surface area contributed by atoms with E-state index >= 15 is 0 Å². The summed E-state index contributed by atoms with van der Waals surface area (Å²) in [5, 5.41) is 4.87. The molecule has 0 amide bonds. The van der Waals surface area contributed by atoms with Gasteiger partial charge in [-0.3, -0.25) is 0 Å². The van der Waals surface area contributed by atoms with E-state index in [2.05, 4.69) is 5.32 Å². The van der Waals surface area contributed by atoms with Crippen LogP contribution in [0.25, 0.3) is 0 Å². The van der Waals surface area contributed by atoms with E-state index in [1.54, 1.807) is 30.3 Å². The first-order valence-electron chi connectivity index (χ1n) is 7.86. The summed E-state index contributed by atoms with van der Waals surface area (Å²) in [5.41, 5.74) is 2.50. The van der Waals surface area contributed by atoms with Crippen molar-refractivity contribution in [1.82, 2.24) is 0 Å². The van der Waals surface area contributed by atoms with E-state index in [9.17, 15) is 4.39 Å². The van der Waals surface area contributed by atoms with E-state index in [0.717, 1.165) is 16.8 Å². The molecule has 3 aromatic rings. The largest absolute Gasteiger partial charge is 0.487 e. The normalized spacial score (nSPS) is 10.6. The number of halogens is 4. The fourth-order valence-corrected chi connectivity index (χ4v) is 3.12. The minimum atomic E-state index is -0.292. The molecule has 0 bridgehead atoms. The second-order valence-corrected chi connectivity index (χ2v) is 6.91. The molecule has 0 aromatic heterocycles. The van der Waals surface area contributed by atoms with Crippen molar-refractivity contribution in [2.45, 2.75) is 13.2 Å². The topological polar surface area (TPSA) is 21.3 Å². The number of ether oxygens (including phenoxy) is 1. The summed E-state index contributed by atoms with van der Waals surface area (Å²) in [6, 6.07) is 17.1. The minimum Gasteiger partial charge on any atom is -0.487 e. The second-order valence-electron chi connectivity index (χ2n) is 5.66. The van der Waals surface area contributed by atoms with Gasteiger partial charge in [-0.1, -0.05) is 53.0 Å². The summed E-state index contributed by atoms with van der Waals surface area (Å²) >= 11 is 18.3. The van der Waals surface area contributed by atoms with Gasteiger partial charge in [0.25, 0.3) is 0 Å². The summed E-state index contributed by atoms with van der Waals surface area (Å²) in [6.07, 6.45) is 0. The molecule has 0 saturated heterocycles. The molecule has 2 nitrogen and oxygen atoms in total. The molecule has 0 unspecified atom stereocenters. The molecule has 0 fully saturated rings. The van der Waals surface area contributed by atoms with Gasteiger partial charge < -0.3 is 10.1 Å². The number of benzene rings is 3. The highest BCUT2D eigenvalue weighted by Crippen LogP contribution is 2.28. The highest BCUT2D eigenvalue weighted by Gasteiger charge is 2.06. The average Bonchev–Trinajstić information content (AvgIpc) is 2.60. The molecule has 0 saturated carbocycles. The Morgan fingerprint density at radius 3 is 2.42 bits per heavy atom. The van der Waals surface area contributed by atoms with Crippen LogP contribution in [0.3, 0.4) is 0 Å². The smallest absolute Gasteiger partial charge is 0.138 e. The summed E-state index contributed by atoms with van der Waals surface area (Å²) in [6.45, 7) is 0.792. The molecule has 0 aliphatic rings. The Hall–Kier alpha value is -1.94. The van der Waals surface area contributed by atoms with Crippen molar-refractivity contribution >= 4 is 40.5 Å². The zero-order valence-electron chi connectivity index (χ0n) is 13.6. The summed E-state index contributed by atoms with van der Waals surface area (Å²) < 4.78 is 18.9. The third-order valence-corrected chi connectivity index (χ3v) is 4.54.